The number of anilines is 1. The standard InChI is InChI=1S/C20H18F3N3O3S2/c21-20(22,23)29-16-6-8-17(9-7-16)31(27,28)26-12-10-25(11-13-26)19-24-18(14-30-19)15-4-2-1-3-5-15/h1-9,14H,10-13H2. The van der Waals surface area contributed by atoms with E-state index in [1.807, 2.05) is 40.6 Å². The highest BCUT2D eigenvalue weighted by Gasteiger charge is 2.32. The predicted molar refractivity (Wildman–Crippen MR) is 112 cm³/mol. The summed E-state index contributed by atoms with van der Waals surface area (Å²) in [5, 5.41) is 2.79. The average Bonchev–Trinajstić information content (AvgIpc) is 3.24. The van der Waals surface area contributed by atoms with Gasteiger partial charge < -0.3 is 9.64 Å². The molecule has 0 amide bonds. The molecule has 4 rings (SSSR count). The Balaban J connectivity index is 1.41. The second kappa shape index (κ2) is 8.48. The average molecular weight is 470 g/mol. The third-order valence-corrected chi connectivity index (χ3v) is 7.58. The number of aromatic nitrogens is 1. The number of piperazine rings is 1. The van der Waals surface area contributed by atoms with E-state index in [4.69, 9.17) is 0 Å². The first kappa shape index (κ1) is 21.6. The molecule has 0 aliphatic carbocycles. The van der Waals surface area contributed by atoms with Gasteiger partial charge in [0.25, 0.3) is 0 Å². The quantitative estimate of drug-likeness (QED) is 0.560. The van der Waals surface area contributed by atoms with Crippen LogP contribution in [0.25, 0.3) is 11.3 Å². The molecule has 1 saturated heterocycles. The topological polar surface area (TPSA) is 62.7 Å². The number of alkyl halides is 3. The highest BCUT2D eigenvalue weighted by Crippen LogP contribution is 2.29. The van der Waals surface area contributed by atoms with Gasteiger partial charge in [-0.05, 0) is 24.3 Å². The number of hydrogen-bond donors (Lipinski definition) is 0. The van der Waals surface area contributed by atoms with Crippen molar-refractivity contribution in [2.24, 2.45) is 0 Å². The molecule has 0 unspecified atom stereocenters. The first-order valence-electron chi connectivity index (χ1n) is 9.34. The van der Waals surface area contributed by atoms with Crippen LogP contribution < -0.4 is 9.64 Å². The van der Waals surface area contributed by atoms with Gasteiger partial charge in [-0.3, -0.25) is 0 Å². The van der Waals surface area contributed by atoms with Crippen LogP contribution in [0.1, 0.15) is 0 Å². The summed E-state index contributed by atoms with van der Waals surface area (Å²) in [6, 6.07) is 14.0. The summed E-state index contributed by atoms with van der Waals surface area (Å²) in [5.41, 5.74) is 1.89. The van der Waals surface area contributed by atoms with Crippen LogP contribution in [-0.4, -0.2) is 50.2 Å². The maximum Gasteiger partial charge on any atom is 0.573 e. The predicted octanol–water partition coefficient (Wildman–Crippen LogP) is 4.22. The molecule has 3 aromatic rings. The number of nitrogens with zero attached hydrogens (tertiary/aromatic N) is 3. The Labute approximate surface area is 181 Å². The fourth-order valence-corrected chi connectivity index (χ4v) is 5.54. The molecular formula is C20H18F3N3O3S2. The molecule has 0 bridgehead atoms. The van der Waals surface area contributed by atoms with Crippen molar-refractivity contribution in [3.63, 3.8) is 0 Å². The van der Waals surface area contributed by atoms with Crippen molar-refractivity contribution < 1.29 is 26.3 Å². The van der Waals surface area contributed by atoms with Crippen molar-refractivity contribution in [2.75, 3.05) is 31.1 Å². The second-order valence-electron chi connectivity index (χ2n) is 6.79. The van der Waals surface area contributed by atoms with E-state index in [1.165, 1.54) is 15.6 Å². The zero-order chi connectivity index (χ0) is 22.1. The van der Waals surface area contributed by atoms with Crippen molar-refractivity contribution in [3.05, 3.63) is 60.0 Å². The molecule has 0 atom stereocenters. The van der Waals surface area contributed by atoms with Crippen LogP contribution in [0.5, 0.6) is 5.75 Å². The van der Waals surface area contributed by atoms with E-state index in [9.17, 15) is 21.6 Å². The lowest BCUT2D eigenvalue weighted by Crippen LogP contribution is -2.48. The molecule has 2 heterocycles. The maximum atomic E-state index is 12.8. The third kappa shape index (κ3) is 5.00. The molecule has 1 fully saturated rings. The van der Waals surface area contributed by atoms with E-state index in [0.717, 1.165) is 40.7 Å². The SMILES string of the molecule is O=S(=O)(c1ccc(OC(F)(F)F)cc1)N1CCN(c2nc(-c3ccccc3)cs2)CC1. The van der Waals surface area contributed by atoms with Crippen LogP contribution in [0.3, 0.4) is 0 Å². The number of rotatable bonds is 5. The molecular weight excluding hydrogens is 451 g/mol. The van der Waals surface area contributed by atoms with E-state index in [1.54, 1.807) is 0 Å². The lowest BCUT2D eigenvalue weighted by atomic mass is 10.2. The molecule has 2 aromatic carbocycles. The van der Waals surface area contributed by atoms with Crippen LogP contribution in [0, 0.1) is 0 Å². The molecule has 6 nitrogen and oxygen atoms in total. The van der Waals surface area contributed by atoms with Crippen LogP contribution in [0.2, 0.25) is 0 Å². The number of hydrogen-bond acceptors (Lipinski definition) is 6. The van der Waals surface area contributed by atoms with Gasteiger partial charge in [0.2, 0.25) is 10.0 Å². The van der Waals surface area contributed by atoms with Gasteiger partial charge in [0.05, 0.1) is 10.6 Å². The molecule has 11 heteroatoms. The Morgan fingerprint density at radius 1 is 0.935 bits per heavy atom. The van der Waals surface area contributed by atoms with Crippen molar-refractivity contribution >= 4 is 26.5 Å². The summed E-state index contributed by atoms with van der Waals surface area (Å²) >= 11 is 1.50. The van der Waals surface area contributed by atoms with E-state index < -0.39 is 22.1 Å². The third-order valence-electron chi connectivity index (χ3n) is 4.77. The fourth-order valence-electron chi connectivity index (χ4n) is 3.23. The minimum atomic E-state index is -4.83. The van der Waals surface area contributed by atoms with Gasteiger partial charge in [-0.1, -0.05) is 30.3 Å². The molecule has 0 saturated carbocycles. The zero-order valence-electron chi connectivity index (χ0n) is 16.1. The van der Waals surface area contributed by atoms with E-state index in [2.05, 4.69) is 9.72 Å². The van der Waals surface area contributed by atoms with Gasteiger partial charge in [0, 0.05) is 37.1 Å². The van der Waals surface area contributed by atoms with E-state index in [0.29, 0.717) is 13.1 Å². The summed E-state index contributed by atoms with van der Waals surface area (Å²) in [7, 11) is -3.81. The van der Waals surface area contributed by atoms with Crippen molar-refractivity contribution in [1.29, 1.82) is 0 Å². The molecule has 1 aromatic heterocycles. The lowest BCUT2D eigenvalue weighted by Gasteiger charge is -2.33. The second-order valence-corrected chi connectivity index (χ2v) is 9.57. The van der Waals surface area contributed by atoms with Gasteiger partial charge in [0.1, 0.15) is 5.75 Å². The van der Waals surface area contributed by atoms with Gasteiger partial charge in [-0.2, -0.15) is 4.31 Å². The molecule has 1 aliphatic rings. The maximum absolute atomic E-state index is 12.8. The Kier molecular flexibility index (Phi) is 5.91. The highest BCUT2D eigenvalue weighted by molar-refractivity contribution is 7.89. The Hall–Kier alpha value is -2.63. The lowest BCUT2D eigenvalue weighted by molar-refractivity contribution is -0.274. The first-order chi connectivity index (χ1) is 14.7. The molecule has 0 spiro atoms. The Morgan fingerprint density at radius 2 is 1.58 bits per heavy atom. The summed E-state index contributed by atoms with van der Waals surface area (Å²) in [4.78, 5) is 6.62. The largest absolute Gasteiger partial charge is 0.573 e. The van der Waals surface area contributed by atoms with Crippen LogP contribution >= 0.6 is 11.3 Å². The molecule has 1 aliphatic heterocycles. The fraction of sp³-hybridized carbons (Fsp3) is 0.250. The monoisotopic (exact) mass is 469 g/mol. The summed E-state index contributed by atoms with van der Waals surface area (Å²) in [6.45, 7) is 1.44. The molecule has 0 N–H and O–H groups in total. The van der Waals surface area contributed by atoms with Crippen LogP contribution in [-0.2, 0) is 10.0 Å². The minimum Gasteiger partial charge on any atom is -0.406 e. The number of sulfonamides is 1. The van der Waals surface area contributed by atoms with Crippen molar-refractivity contribution in [3.8, 4) is 17.0 Å². The molecule has 0 radical (unpaired) electrons. The number of ether oxygens (including phenoxy) is 1. The summed E-state index contributed by atoms with van der Waals surface area (Å²) in [5.74, 6) is -0.464. The number of halogens is 3. The van der Waals surface area contributed by atoms with Crippen LogP contribution in [0.4, 0.5) is 18.3 Å². The molecule has 31 heavy (non-hydrogen) atoms. The minimum absolute atomic E-state index is 0.0731. The first-order valence-corrected chi connectivity index (χ1v) is 11.7. The summed E-state index contributed by atoms with van der Waals surface area (Å²) in [6.07, 6.45) is -4.83. The van der Waals surface area contributed by atoms with Gasteiger partial charge in [-0.25, -0.2) is 13.4 Å². The number of thiazole rings is 1. The summed E-state index contributed by atoms with van der Waals surface area (Å²) < 4.78 is 67.7. The zero-order valence-corrected chi connectivity index (χ0v) is 17.8. The van der Waals surface area contributed by atoms with Gasteiger partial charge >= 0.3 is 6.36 Å². The van der Waals surface area contributed by atoms with E-state index >= 15 is 0 Å². The Morgan fingerprint density at radius 3 is 2.19 bits per heavy atom. The van der Waals surface area contributed by atoms with Crippen molar-refractivity contribution in [1.82, 2.24) is 9.29 Å². The molecule has 164 valence electrons. The van der Waals surface area contributed by atoms with Crippen molar-refractivity contribution in [2.45, 2.75) is 11.3 Å². The van der Waals surface area contributed by atoms with E-state index in [-0.39, 0.29) is 18.0 Å². The van der Waals surface area contributed by atoms with Gasteiger partial charge in [-0.15, -0.1) is 24.5 Å². The highest BCUT2D eigenvalue weighted by atomic mass is 32.2. The number of benzene rings is 2. The van der Waals surface area contributed by atoms with Crippen LogP contribution in [0.15, 0.2) is 64.9 Å². The normalized spacial score (nSPS) is 15.8. The smallest absolute Gasteiger partial charge is 0.406 e. The van der Waals surface area contributed by atoms with Gasteiger partial charge in [0.15, 0.2) is 5.13 Å². The Bertz CT molecular complexity index is 1130.